The van der Waals surface area contributed by atoms with Gasteiger partial charge in [-0.2, -0.15) is 4.98 Å². The molecule has 2 atom stereocenters. The van der Waals surface area contributed by atoms with E-state index < -0.39 is 18.1 Å². The Morgan fingerprint density at radius 1 is 1.09 bits per heavy atom. The highest BCUT2D eigenvalue weighted by Gasteiger charge is 2.57. The van der Waals surface area contributed by atoms with Crippen molar-refractivity contribution in [2.75, 3.05) is 6.54 Å². The third-order valence-electron chi connectivity index (χ3n) is 8.21. The van der Waals surface area contributed by atoms with Crippen LogP contribution in [0.25, 0.3) is 11.4 Å². The van der Waals surface area contributed by atoms with E-state index in [0.29, 0.717) is 28.6 Å². The Balaban J connectivity index is 1.13. The number of likely N-dealkylation sites (tertiary alicyclic amines) is 1. The van der Waals surface area contributed by atoms with Crippen LogP contribution in [0.1, 0.15) is 50.8 Å². The highest BCUT2D eigenvalue weighted by Crippen LogP contribution is 2.60. The summed E-state index contributed by atoms with van der Waals surface area (Å²) in [6, 6.07) is 6.23. The number of carbonyl (C=O) groups is 2. The average molecular weight is 486 g/mol. The van der Waals surface area contributed by atoms with Gasteiger partial charge in [-0.1, -0.05) is 16.8 Å². The van der Waals surface area contributed by atoms with Gasteiger partial charge in [0, 0.05) is 23.6 Å². The fourth-order valence-electron chi connectivity index (χ4n) is 7.20. The van der Waals surface area contributed by atoms with Gasteiger partial charge in [-0.05, 0) is 80.5 Å². The highest BCUT2D eigenvalue weighted by molar-refractivity contribution is 6.30. The standard InChI is InChI=1S/C25H28ClN3O5/c26-18-3-1-17(2-4-18)22-27-21(34-28-22)13-33-23(31)20-8-19(30)12-29(20)24(32)25-9-14-5-15(10-25)7-16(6-14)11-25/h1-4,14-16,19-20,30H,5-13H2/t14?,15?,16?,19?,20-,25?/m0/s1. The smallest absolute Gasteiger partial charge is 0.329 e. The summed E-state index contributed by atoms with van der Waals surface area (Å²) in [5, 5.41) is 14.9. The number of aromatic nitrogens is 2. The van der Waals surface area contributed by atoms with Crippen molar-refractivity contribution in [1.29, 1.82) is 0 Å². The first kappa shape index (κ1) is 22.0. The molecule has 5 fully saturated rings. The van der Waals surface area contributed by atoms with E-state index in [0.717, 1.165) is 24.8 Å². The molecule has 1 aromatic heterocycles. The third kappa shape index (κ3) is 3.90. The van der Waals surface area contributed by atoms with Gasteiger partial charge in [0.05, 0.1) is 11.5 Å². The maximum Gasteiger partial charge on any atom is 0.329 e. The van der Waals surface area contributed by atoms with Crippen molar-refractivity contribution in [2.45, 2.75) is 63.7 Å². The molecule has 1 aromatic carbocycles. The van der Waals surface area contributed by atoms with Crippen LogP contribution in [0.2, 0.25) is 5.02 Å². The number of carbonyl (C=O) groups excluding carboxylic acids is 2. The topological polar surface area (TPSA) is 106 Å². The third-order valence-corrected chi connectivity index (χ3v) is 8.46. The van der Waals surface area contributed by atoms with Crippen LogP contribution in [0, 0.1) is 23.2 Å². The van der Waals surface area contributed by atoms with E-state index in [2.05, 4.69) is 10.1 Å². The number of rotatable bonds is 5. The number of aliphatic hydroxyl groups excluding tert-OH is 1. The van der Waals surface area contributed by atoms with Gasteiger partial charge >= 0.3 is 5.97 Å². The maximum atomic E-state index is 13.8. The molecule has 4 bridgehead atoms. The van der Waals surface area contributed by atoms with E-state index in [4.69, 9.17) is 20.9 Å². The van der Waals surface area contributed by atoms with Crippen LogP contribution in [0.3, 0.4) is 0 Å². The monoisotopic (exact) mass is 485 g/mol. The van der Waals surface area contributed by atoms with Crippen molar-refractivity contribution in [1.82, 2.24) is 15.0 Å². The zero-order chi connectivity index (χ0) is 23.4. The zero-order valence-corrected chi connectivity index (χ0v) is 19.6. The molecule has 1 aliphatic heterocycles. The molecule has 4 aliphatic carbocycles. The van der Waals surface area contributed by atoms with Gasteiger partial charge in [0.1, 0.15) is 6.04 Å². The van der Waals surface area contributed by atoms with Crippen LogP contribution in [-0.2, 0) is 20.9 Å². The molecule has 0 spiro atoms. The molecular formula is C25H28ClN3O5. The number of benzene rings is 1. The van der Waals surface area contributed by atoms with Crippen LogP contribution in [0.15, 0.2) is 28.8 Å². The first-order valence-electron chi connectivity index (χ1n) is 12.1. The van der Waals surface area contributed by atoms with Gasteiger partial charge in [-0.3, -0.25) is 4.79 Å². The minimum absolute atomic E-state index is 0.0351. The van der Waals surface area contributed by atoms with Crippen LogP contribution in [0.5, 0.6) is 0 Å². The minimum atomic E-state index is -0.783. The molecule has 2 heterocycles. The quantitative estimate of drug-likeness (QED) is 0.645. The number of aliphatic hydroxyl groups is 1. The SMILES string of the molecule is O=C(OCc1nc(-c2ccc(Cl)cc2)no1)[C@@H]1CC(O)CN1C(=O)C12CC3CC(CC(C3)C1)C2. The lowest BCUT2D eigenvalue weighted by Gasteiger charge is -2.56. The van der Waals surface area contributed by atoms with E-state index in [-0.39, 0.29) is 36.8 Å². The molecule has 1 amide bonds. The fraction of sp³-hybridized carbons (Fsp3) is 0.600. The first-order chi connectivity index (χ1) is 16.4. The minimum Gasteiger partial charge on any atom is -0.454 e. The van der Waals surface area contributed by atoms with Crippen molar-refractivity contribution >= 4 is 23.5 Å². The molecule has 7 rings (SSSR count). The molecule has 2 aromatic rings. The Hall–Kier alpha value is -2.45. The number of hydrogen-bond donors (Lipinski definition) is 1. The molecule has 8 nitrogen and oxygen atoms in total. The Labute approximate surface area is 202 Å². The van der Waals surface area contributed by atoms with Crippen LogP contribution in [-0.4, -0.2) is 50.7 Å². The molecule has 1 unspecified atom stereocenters. The van der Waals surface area contributed by atoms with Gasteiger partial charge < -0.3 is 19.3 Å². The summed E-state index contributed by atoms with van der Waals surface area (Å²) in [7, 11) is 0. The summed E-state index contributed by atoms with van der Waals surface area (Å²) in [4.78, 5) is 32.6. The average Bonchev–Trinajstić information content (AvgIpc) is 3.43. The molecule has 1 N–H and O–H groups in total. The molecule has 5 aliphatic rings. The van der Waals surface area contributed by atoms with Crippen molar-refractivity contribution in [2.24, 2.45) is 23.2 Å². The Bertz CT molecular complexity index is 1060. The second kappa shape index (κ2) is 8.34. The maximum absolute atomic E-state index is 13.8. The Morgan fingerprint density at radius 2 is 1.74 bits per heavy atom. The lowest BCUT2D eigenvalue weighted by molar-refractivity contribution is -0.166. The number of halogens is 1. The van der Waals surface area contributed by atoms with E-state index in [1.54, 1.807) is 29.2 Å². The van der Waals surface area contributed by atoms with E-state index in [9.17, 15) is 14.7 Å². The van der Waals surface area contributed by atoms with Gasteiger partial charge in [0.15, 0.2) is 6.61 Å². The van der Waals surface area contributed by atoms with Crippen LogP contribution in [0.4, 0.5) is 0 Å². The molecule has 180 valence electrons. The summed E-state index contributed by atoms with van der Waals surface area (Å²) in [5.74, 6) is 1.91. The van der Waals surface area contributed by atoms with Crippen molar-refractivity contribution in [3.63, 3.8) is 0 Å². The number of nitrogens with zero attached hydrogens (tertiary/aromatic N) is 3. The fourth-order valence-corrected chi connectivity index (χ4v) is 7.32. The highest BCUT2D eigenvalue weighted by atomic mass is 35.5. The molecule has 4 saturated carbocycles. The molecule has 1 saturated heterocycles. The normalized spacial score (nSPS) is 33.9. The van der Waals surface area contributed by atoms with Gasteiger partial charge in [0.25, 0.3) is 5.89 Å². The second-order valence-electron chi connectivity index (χ2n) is 10.7. The summed E-state index contributed by atoms with van der Waals surface area (Å²) < 4.78 is 10.7. The number of esters is 1. The predicted molar refractivity (Wildman–Crippen MR) is 121 cm³/mol. The first-order valence-corrected chi connectivity index (χ1v) is 12.5. The number of hydrogen-bond acceptors (Lipinski definition) is 7. The van der Waals surface area contributed by atoms with Crippen molar-refractivity contribution < 1.29 is 24.0 Å². The van der Waals surface area contributed by atoms with Gasteiger partial charge in [-0.25, -0.2) is 4.79 Å². The van der Waals surface area contributed by atoms with Crippen molar-refractivity contribution in [3.05, 3.63) is 35.2 Å². The lowest BCUT2D eigenvalue weighted by atomic mass is 9.49. The largest absolute Gasteiger partial charge is 0.454 e. The Kier molecular flexibility index (Phi) is 5.41. The molecule has 9 heteroatoms. The predicted octanol–water partition coefficient (Wildman–Crippen LogP) is 3.61. The number of β-amino-alcohol motifs (C(OH)–C–C–N with tert-alkyl or cyclic N) is 1. The van der Waals surface area contributed by atoms with Crippen LogP contribution < -0.4 is 0 Å². The summed E-state index contributed by atoms with van der Waals surface area (Å²) in [6.07, 6.45) is 5.94. The van der Waals surface area contributed by atoms with Crippen molar-refractivity contribution in [3.8, 4) is 11.4 Å². The van der Waals surface area contributed by atoms with Crippen LogP contribution >= 0.6 is 11.6 Å². The second-order valence-corrected chi connectivity index (χ2v) is 11.1. The Morgan fingerprint density at radius 3 is 2.38 bits per heavy atom. The number of ether oxygens (including phenoxy) is 1. The number of amides is 1. The van der Waals surface area contributed by atoms with Gasteiger partial charge in [-0.15, -0.1) is 0 Å². The van der Waals surface area contributed by atoms with E-state index >= 15 is 0 Å². The zero-order valence-electron chi connectivity index (χ0n) is 18.9. The van der Waals surface area contributed by atoms with E-state index in [1.165, 1.54) is 19.3 Å². The van der Waals surface area contributed by atoms with Gasteiger partial charge in [0.2, 0.25) is 11.7 Å². The summed E-state index contributed by atoms with van der Waals surface area (Å²) in [5.41, 5.74) is 0.370. The molecular weight excluding hydrogens is 458 g/mol. The van der Waals surface area contributed by atoms with E-state index in [1.807, 2.05) is 0 Å². The lowest BCUT2D eigenvalue weighted by Crippen LogP contribution is -2.56. The summed E-state index contributed by atoms with van der Waals surface area (Å²) in [6.45, 7) is -0.00691. The summed E-state index contributed by atoms with van der Waals surface area (Å²) >= 11 is 5.91. The molecule has 34 heavy (non-hydrogen) atoms. The molecule has 0 radical (unpaired) electrons.